The van der Waals surface area contributed by atoms with Crippen LogP contribution in [0.3, 0.4) is 0 Å². The van der Waals surface area contributed by atoms with Crippen LogP contribution in [-0.2, 0) is 14.6 Å². The van der Waals surface area contributed by atoms with Crippen molar-refractivity contribution in [1.29, 1.82) is 0 Å². The van der Waals surface area contributed by atoms with Crippen LogP contribution < -0.4 is 5.32 Å². The average Bonchev–Trinajstić information content (AvgIpc) is 2.67. The van der Waals surface area contributed by atoms with Gasteiger partial charge in [0.15, 0.2) is 0 Å². The Morgan fingerprint density at radius 1 is 1.29 bits per heavy atom. The van der Waals surface area contributed by atoms with Gasteiger partial charge in [-0.25, -0.2) is 8.42 Å². The van der Waals surface area contributed by atoms with Gasteiger partial charge in [-0.15, -0.1) is 0 Å². The Balaban J connectivity index is 1.90. The van der Waals surface area contributed by atoms with Crippen molar-refractivity contribution in [3.05, 3.63) is 0 Å². The predicted molar refractivity (Wildman–Crippen MR) is 83.8 cm³/mol. The number of nitrogens with zero attached hydrogens (tertiary/aromatic N) is 1. The van der Waals surface area contributed by atoms with Gasteiger partial charge >= 0.3 is 0 Å². The maximum absolute atomic E-state index is 12.5. The van der Waals surface area contributed by atoms with Crippen LogP contribution in [0.25, 0.3) is 0 Å². The van der Waals surface area contributed by atoms with E-state index in [-0.39, 0.29) is 17.7 Å². The molecule has 1 amide bonds. The molecule has 5 nitrogen and oxygen atoms in total. The second kappa shape index (κ2) is 6.65. The largest absolute Gasteiger partial charge is 0.339 e. The van der Waals surface area contributed by atoms with Crippen LogP contribution in [0.1, 0.15) is 46.0 Å². The molecule has 2 aliphatic rings. The molecule has 0 aromatic carbocycles. The first-order chi connectivity index (χ1) is 9.78. The molecule has 0 aromatic heterocycles. The molecule has 2 bridgehead atoms. The standard InChI is InChI=1S/C15H28N2O3S/c1-4-17(11(2)10-21(3,19)20)15(18)9-12-7-13-5-6-14(8-12)16-13/h11-14,16H,4-10H2,1-3H3. The number of hydrogen-bond acceptors (Lipinski definition) is 4. The highest BCUT2D eigenvalue weighted by Crippen LogP contribution is 2.33. The Labute approximate surface area is 128 Å². The molecule has 0 aromatic rings. The summed E-state index contributed by atoms with van der Waals surface area (Å²) in [5.74, 6) is 0.611. The van der Waals surface area contributed by atoms with Gasteiger partial charge in [-0.1, -0.05) is 0 Å². The Hall–Kier alpha value is -0.620. The van der Waals surface area contributed by atoms with Crippen molar-refractivity contribution in [3.63, 3.8) is 0 Å². The van der Waals surface area contributed by atoms with Crippen molar-refractivity contribution in [3.8, 4) is 0 Å². The second-order valence-electron chi connectivity index (χ2n) is 6.80. The summed E-state index contributed by atoms with van der Waals surface area (Å²) in [5.41, 5.74) is 0. The van der Waals surface area contributed by atoms with Crippen molar-refractivity contribution in [2.24, 2.45) is 5.92 Å². The van der Waals surface area contributed by atoms with Crippen LogP contribution in [0.15, 0.2) is 0 Å². The smallest absolute Gasteiger partial charge is 0.223 e. The first kappa shape index (κ1) is 16.7. The topological polar surface area (TPSA) is 66.5 Å². The first-order valence-electron chi connectivity index (χ1n) is 8.01. The van der Waals surface area contributed by atoms with Gasteiger partial charge in [-0.2, -0.15) is 0 Å². The third-order valence-electron chi connectivity index (χ3n) is 4.77. The van der Waals surface area contributed by atoms with E-state index in [1.54, 1.807) is 4.90 Å². The lowest BCUT2D eigenvalue weighted by Gasteiger charge is -2.32. The van der Waals surface area contributed by atoms with Gasteiger partial charge in [-0.3, -0.25) is 4.79 Å². The van der Waals surface area contributed by atoms with Crippen LogP contribution in [0.4, 0.5) is 0 Å². The van der Waals surface area contributed by atoms with Crippen molar-refractivity contribution in [1.82, 2.24) is 10.2 Å². The number of amides is 1. The number of fused-ring (bicyclic) bond motifs is 2. The molecule has 2 fully saturated rings. The van der Waals surface area contributed by atoms with Gasteiger partial charge in [0.1, 0.15) is 9.84 Å². The molecule has 2 aliphatic heterocycles. The fraction of sp³-hybridized carbons (Fsp3) is 0.933. The Morgan fingerprint density at radius 2 is 1.86 bits per heavy atom. The summed E-state index contributed by atoms with van der Waals surface area (Å²) in [5, 5.41) is 3.59. The number of carbonyl (C=O) groups excluding carboxylic acids is 1. The van der Waals surface area contributed by atoms with E-state index in [4.69, 9.17) is 0 Å². The van der Waals surface area contributed by atoms with Crippen LogP contribution in [0.2, 0.25) is 0 Å². The molecule has 0 spiro atoms. The van der Waals surface area contributed by atoms with E-state index < -0.39 is 9.84 Å². The van der Waals surface area contributed by atoms with Gasteiger partial charge < -0.3 is 10.2 Å². The van der Waals surface area contributed by atoms with Crippen molar-refractivity contribution in [2.75, 3.05) is 18.6 Å². The molecule has 0 aliphatic carbocycles. The molecule has 122 valence electrons. The molecule has 0 radical (unpaired) electrons. The summed E-state index contributed by atoms with van der Waals surface area (Å²) >= 11 is 0. The number of piperidine rings is 1. The highest BCUT2D eigenvalue weighted by molar-refractivity contribution is 7.90. The van der Waals surface area contributed by atoms with Crippen molar-refractivity contribution >= 4 is 15.7 Å². The van der Waals surface area contributed by atoms with Gasteiger partial charge in [0.2, 0.25) is 5.91 Å². The summed E-state index contributed by atoms with van der Waals surface area (Å²) in [6, 6.07) is 0.936. The minimum atomic E-state index is -3.06. The highest BCUT2D eigenvalue weighted by Gasteiger charge is 2.35. The lowest BCUT2D eigenvalue weighted by Crippen LogP contribution is -2.44. The van der Waals surface area contributed by atoms with Gasteiger partial charge in [-0.05, 0) is 45.4 Å². The normalized spacial score (nSPS) is 30.1. The van der Waals surface area contributed by atoms with Crippen LogP contribution >= 0.6 is 0 Å². The zero-order valence-corrected chi connectivity index (χ0v) is 14.2. The molecular weight excluding hydrogens is 288 g/mol. The number of hydrogen-bond donors (Lipinski definition) is 1. The third kappa shape index (κ3) is 4.68. The zero-order chi connectivity index (χ0) is 15.6. The van der Waals surface area contributed by atoms with Gasteiger partial charge in [0, 0.05) is 37.3 Å². The predicted octanol–water partition coefficient (Wildman–Crippen LogP) is 1.19. The zero-order valence-electron chi connectivity index (χ0n) is 13.3. The molecular formula is C15H28N2O3S. The van der Waals surface area contributed by atoms with Crippen LogP contribution in [0.5, 0.6) is 0 Å². The number of carbonyl (C=O) groups is 1. The van der Waals surface area contributed by atoms with E-state index >= 15 is 0 Å². The van der Waals surface area contributed by atoms with E-state index in [2.05, 4.69) is 5.32 Å². The van der Waals surface area contributed by atoms with Crippen LogP contribution in [-0.4, -0.2) is 55.9 Å². The van der Waals surface area contributed by atoms with Crippen molar-refractivity contribution in [2.45, 2.75) is 64.1 Å². The average molecular weight is 316 g/mol. The second-order valence-corrected chi connectivity index (χ2v) is 8.99. The van der Waals surface area contributed by atoms with Gasteiger partial charge in [0.05, 0.1) is 5.75 Å². The molecule has 2 rings (SSSR count). The molecule has 2 heterocycles. The van der Waals surface area contributed by atoms with E-state index in [0.717, 1.165) is 12.8 Å². The molecule has 1 N–H and O–H groups in total. The summed E-state index contributed by atoms with van der Waals surface area (Å²) in [6.07, 6.45) is 6.43. The fourth-order valence-corrected chi connectivity index (χ4v) is 5.02. The van der Waals surface area contributed by atoms with E-state index in [9.17, 15) is 13.2 Å². The maximum Gasteiger partial charge on any atom is 0.223 e. The summed E-state index contributed by atoms with van der Waals surface area (Å²) in [7, 11) is -3.06. The van der Waals surface area contributed by atoms with E-state index in [0.29, 0.717) is 31.0 Å². The number of sulfone groups is 1. The monoisotopic (exact) mass is 316 g/mol. The minimum absolute atomic E-state index is 0.0457. The molecule has 2 saturated heterocycles. The Bertz CT molecular complexity index is 465. The molecule has 3 atom stereocenters. The third-order valence-corrected chi connectivity index (χ3v) is 5.86. The maximum atomic E-state index is 12.5. The van der Waals surface area contributed by atoms with Crippen LogP contribution in [0, 0.1) is 5.92 Å². The molecule has 21 heavy (non-hydrogen) atoms. The SMILES string of the molecule is CCN(C(=O)CC1CC2CCC(C1)N2)C(C)CS(C)(=O)=O. The lowest BCUT2D eigenvalue weighted by molar-refractivity contribution is -0.133. The van der Waals surface area contributed by atoms with Crippen molar-refractivity contribution < 1.29 is 13.2 Å². The lowest BCUT2D eigenvalue weighted by atomic mass is 9.89. The molecule has 6 heteroatoms. The Kier molecular flexibility index (Phi) is 5.30. The van der Waals surface area contributed by atoms with E-state index in [1.807, 2.05) is 13.8 Å². The van der Waals surface area contributed by atoms with Gasteiger partial charge in [0.25, 0.3) is 0 Å². The first-order valence-corrected chi connectivity index (χ1v) is 10.1. The highest BCUT2D eigenvalue weighted by atomic mass is 32.2. The summed E-state index contributed by atoms with van der Waals surface area (Å²) in [6.45, 7) is 4.32. The van der Waals surface area contributed by atoms with E-state index in [1.165, 1.54) is 19.1 Å². The summed E-state index contributed by atoms with van der Waals surface area (Å²) in [4.78, 5) is 14.2. The molecule has 3 unspecified atom stereocenters. The number of rotatable bonds is 6. The fourth-order valence-electron chi connectivity index (χ4n) is 3.97. The quantitative estimate of drug-likeness (QED) is 0.799. The number of nitrogens with one attached hydrogen (secondary N) is 1. The Morgan fingerprint density at radius 3 is 2.33 bits per heavy atom. The summed E-state index contributed by atoms with van der Waals surface area (Å²) < 4.78 is 22.8. The minimum Gasteiger partial charge on any atom is -0.339 e. The molecule has 0 saturated carbocycles.